The van der Waals surface area contributed by atoms with Gasteiger partial charge in [-0.05, 0) is 43.3 Å². The average Bonchev–Trinajstić information content (AvgIpc) is 2.77. The highest BCUT2D eigenvalue weighted by atomic mass is 16.3. The van der Waals surface area contributed by atoms with E-state index in [1.165, 1.54) is 0 Å². The molecule has 20 heavy (non-hydrogen) atoms. The largest absolute Gasteiger partial charge is 0.508 e. The van der Waals surface area contributed by atoms with Crippen LogP contribution in [0.2, 0.25) is 0 Å². The van der Waals surface area contributed by atoms with Crippen molar-refractivity contribution >= 4 is 5.95 Å². The van der Waals surface area contributed by atoms with Gasteiger partial charge in [0.15, 0.2) is 0 Å². The Morgan fingerprint density at radius 1 is 1.05 bits per heavy atom. The molecule has 1 aromatic heterocycles. The van der Waals surface area contributed by atoms with Gasteiger partial charge in [0, 0.05) is 31.4 Å². The number of phenolic OH excluding ortho intramolecular Hbond substituents is 1. The smallest absolute Gasteiger partial charge is 0.225 e. The summed E-state index contributed by atoms with van der Waals surface area (Å²) in [6.45, 7) is 3.92. The molecule has 0 atom stereocenters. The summed E-state index contributed by atoms with van der Waals surface area (Å²) in [5.41, 5.74) is 1.87. The fraction of sp³-hybridized carbons (Fsp3) is 0.333. The molecule has 1 fully saturated rings. The number of phenols is 1. The molecule has 0 spiro atoms. The lowest BCUT2D eigenvalue weighted by atomic mass is 10.1. The predicted molar refractivity (Wildman–Crippen MR) is 78.8 cm³/mol. The third-order valence-electron chi connectivity index (χ3n) is 3.43. The van der Waals surface area contributed by atoms with E-state index in [1.807, 2.05) is 18.2 Å². The fourth-order valence-corrected chi connectivity index (χ4v) is 2.34. The molecule has 0 bridgehead atoms. The molecule has 1 aliphatic rings. The van der Waals surface area contributed by atoms with Gasteiger partial charge in [0.2, 0.25) is 5.95 Å². The molecule has 0 amide bonds. The Morgan fingerprint density at radius 2 is 1.90 bits per heavy atom. The summed E-state index contributed by atoms with van der Waals surface area (Å²) in [5.74, 6) is 1.04. The number of hydrogen-bond donors (Lipinski definition) is 2. The van der Waals surface area contributed by atoms with Gasteiger partial charge in [0.05, 0.1) is 5.69 Å². The first-order valence-corrected chi connectivity index (χ1v) is 6.91. The molecule has 3 rings (SSSR count). The molecule has 1 aromatic carbocycles. The van der Waals surface area contributed by atoms with E-state index in [9.17, 15) is 5.11 Å². The Balaban J connectivity index is 1.86. The lowest BCUT2D eigenvalue weighted by Gasteiger charge is -2.20. The number of anilines is 1. The number of hydrogen-bond acceptors (Lipinski definition) is 5. The fourth-order valence-electron chi connectivity index (χ4n) is 2.34. The van der Waals surface area contributed by atoms with Crippen LogP contribution >= 0.6 is 0 Å². The molecule has 0 unspecified atom stereocenters. The van der Waals surface area contributed by atoms with E-state index >= 15 is 0 Å². The van der Waals surface area contributed by atoms with Crippen LogP contribution in [0.5, 0.6) is 5.75 Å². The third kappa shape index (κ3) is 2.88. The Labute approximate surface area is 118 Å². The van der Waals surface area contributed by atoms with Gasteiger partial charge in [-0.15, -0.1) is 0 Å². The standard InChI is InChI=1S/C15H18N4O/c20-13-4-2-12(3-5-13)14-6-8-17-15(18-14)19-10-1-7-16-9-11-19/h2-6,8,16,20H,1,7,9-11H2. The van der Waals surface area contributed by atoms with Crippen LogP contribution in [0.25, 0.3) is 11.3 Å². The van der Waals surface area contributed by atoms with Gasteiger partial charge in [-0.1, -0.05) is 0 Å². The van der Waals surface area contributed by atoms with Gasteiger partial charge < -0.3 is 15.3 Å². The van der Waals surface area contributed by atoms with Crippen LogP contribution in [0.15, 0.2) is 36.5 Å². The first-order valence-electron chi connectivity index (χ1n) is 6.91. The molecular weight excluding hydrogens is 252 g/mol. The summed E-state index contributed by atoms with van der Waals surface area (Å²) in [5, 5.41) is 12.7. The Morgan fingerprint density at radius 3 is 2.75 bits per heavy atom. The van der Waals surface area contributed by atoms with Crippen molar-refractivity contribution in [2.24, 2.45) is 0 Å². The molecule has 5 nitrogen and oxygen atoms in total. The number of rotatable bonds is 2. The maximum Gasteiger partial charge on any atom is 0.225 e. The highest BCUT2D eigenvalue weighted by Gasteiger charge is 2.12. The molecular formula is C15H18N4O. The minimum Gasteiger partial charge on any atom is -0.508 e. The summed E-state index contributed by atoms with van der Waals surface area (Å²) in [6.07, 6.45) is 2.90. The van der Waals surface area contributed by atoms with Crippen molar-refractivity contribution in [1.29, 1.82) is 0 Å². The van der Waals surface area contributed by atoms with Crippen LogP contribution in [0.1, 0.15) is 6.42 Å². The molecule has 5 heteroatoms. The van der Waals surface area contributed by atoms with Crippen molar-refractivity contribution in [3.8, 4) is 17.0 Å². The number of aromatic hydroxyl groups is 1. The quantitative estimate of drug-likeness (QED) is 0.869. The second-order valence-corrected chi connectivity index (χ2v) is 4.88. The highest BCUT2D eigenvalue weighted by molar-refractivity contribution is 5.61. The van der Waals surface area contributed by atoms with Crippen molar-refractivity contribution in [2.45, 2.75) is 6.42 Å². The zero-order valence-electron chi connectivity index (χ0n) is 11.3. The van der Waals surface area contributed by atoms with Crippen molar-refractivity contribution in [3.63, 3.8) is 0 Å². The summed E-state index contributed by atoms with van der Waals surface area (Å²) in [6, 6.07) is 8.97. The summed E-state index contributed by atoms with van der Waals surface area (Å²) in [7, 11) is 0. The van der Waals surface area contributed by atoms with Crippen LogP contribution in [-0.4, -0.2) is 41.3 Å². The zero-order chi connectivity index (χ0) is 13.8. The maximum atomic E-state index is 9.35. The SMILES string of the molecule is Oc1ccc(-c2ccnc(N3CCCNCC3)n2)cc1. The van der Waals surface area contributed by atoms with Gasteiger partial charge in [0.25, 0.3) is 0 Å². The summed E-state index contributed by atoms with van der Waals surface area (Å²) >= 11 is 0. The number of benzene rings is 1. The summed E-state index contributed by atoms with van der Waals surface area (Å²) < 4.78 is 0. The van der Waals surface area contributed by atoms with Crippen LogP contribution in [0.4, 0.5) is 5.95 Å². The minimum atomic E-state index is 0.265. The lowest BCUT2D eigenvalue weighted by molar-refractivity contribution is 0.475. The van der Waals surface area contributed by atoms with Gasteiger partial charge in [-0.25, -0.2) is 9.97 Å². The second kappa shape index (κ2) is 5.88. The second-order valence-electron chi connectivity index (χ2n) is 4.88. The van der Waals surface area contributed by atoms with E-state index in [0.29, 0.717) is 0 Å². The van der Waals surface area contributed by atoms with Crippen LogP contribution in [0.3, 0.4) is 0 Å². The zero-order valence-corrected chi connectivity index (χ0v) is 11.3. The number of aromatic nitrogens is 2. The Kier molecular flexibility index (Phi) is 3.78. The van der Waals surface area contributed by atoms with Gasteiger partial charge in [-0.2, -0.15) is 0 Å². The van der Waals surface area contributed by atoms with E-state index in [4.69, 9.17) is 0 Å². The molecule has 2 aromatic rings. The molecule has 2 N–H and O–H groups in total. The maximum absolute atomic E-state index is 9.35. The van der Waals surface area contributed by atoms with Crippen molar-refractivity contribution in [3.05, 3.63) is 36.5 Å². The first kappa shape index (κ1) is 12.9. The predicted octanol–water partition coefficient (Wildman–Crippen LogP) is 1.65. The Bertz CT molecular complexity index is 562. The molecule has 2 heterocycles. The van der Waals surface area contributed by atoms with Gasteiger partial charge in [0.1, 0.15) is 5.75 Å². The van der Waals surface area contributed by atoms with Crippen molar-refractivity contribution in [1.82, 2.24) is 15.3 Å². The molecule has 104 valence electrons. The normalized spacial score (nSPS) is 15.9. The van der Waals surface area contributed by atoms with E-state index in [-0.39, 0.29) is 5.75 Å². The van der Waals surface area contributed by atoms with Gasteiger partial charge >= 0.3 is 0 Å². The van der Waals surface area contributed by atoms with Gasteiger partial charge in [-0.3, -0.25) is 0 Å². The van der Waals surface area contributed by atoms with E-state index in [1.54, 1.807) is 18.3 Å². The highest BCUT2D eigenvalue weighted by Crippen LogP contribution is 2.21. The van der Waals surface area contributed by atoms with Crippen LogP contribution in [-0.2, 0) is 0 Å². The van der Waals surface area contributed by atoms with Crippen molar-refractivity contribution < 1.29 is 5.11 Å². The number of nitrogens with one attached hydrogen (secondary N) is 1. The van der Waals surface area contributed by atoms with E-state index in [2.05, 4.69) is 20.2 Å². The first-order chi connectivity index (χ1) is 9.83. The lowest BCUT2D eigenvalue weighted by Crippen LogP contribution is -2.29. The topological polar surface area (TPSA) is 61.3 Å². The number of nitrogens with zero attached hydrogens (tertiary/aromatic N) is 3. The minimum absolute atomic E-state index is 0.265. The third-order valence-corrected chi connectivity index (χ3v) is 3.43. The van der Waals surface area contributed by atoms with Crippen molar-refractivity contribution in [2.75, 3.05) is 31.1 Å². The molecule has 0 saturated carbocycles. The molecule has 0 aliphatic carbocycles. The average molecular weight is 270 g/mol. The van der Waals surface area contributed by atoms with E-state index < -0.39 is 0 Å². The summed E-state index contributed by atoms with van der Waals surface area (Å²) in [4.78, 5) is 11.2. The molecule has 1 saturated heterocycles. The monoisotopic (exact) mass is 270 g/mol. The van der Waals surface area contributed by atoms with E-state index in [0.717, 1.165) is 49.8 Å². The molecule has 0 radical (unpaired) electrons. The Hall–Kier alpha value is -2.14. The van der Waals surface area contributed by atoms with Crippen LogP contribution in [0, 0.1) is 0 Å². The molecule has 1 aliphatic heterocycles. The van der Waals surface area contributed by atoms with Crippen LogP contribution < -0.4 is 10.2 Å².